The largest absolute Gasteiger partial charge is 0.573 e. The number of benzene rings is 8. The van der Waals surface area contributed by atoms with Crippen LogP contribution in [0.15, 0.2) is 182 Å². The van der Waals surface area contributed by atoms with Gasteiger partial charge in [0.2, 0.25) is 0 Å². The lowest BCUT2D eigenvalue weighted by molar-refractivity contribution is -0.274. The molecule has 4 fully saturated rings. The van der Waals surface area contributed by atoms with Crippen LogP contribution < -0.4 is 15.0 Å². The first-order valence-corrected chi connectivity index (χ1v) is 42.2. The summed E-state index contributed by atoms with van der Waals surface area (Å²) >= 11 is 0. The van der Waals surface area contributed by atoms with Gasteiger partial charge in [-0.3, -0.25) is 24.6 Å². The Balaban J connectivity index is 0.000000265. The zero-order valence-corrected chi connectivity index (χ0v) is 76.5. The molecule has 0 atom stereocenters. The van der Waals surface area contributed by atoms with E-state index in [0.717, 1.165) is 126 Å². The van der Waals surface area contributed by atoms with Crippen LogP contribution >= 0.6 is 0 Å². The van der Waals surface area contributed by atoms with Crippen molar-refractivity contribution in [2.24, 2.45) is 0 Å². The number of pyridine rings is 1. The maximum atomic E-state index is 13.0. The highest BCUT2D eigenvalue weighted by atomic mass is 19.4. The number of anilines is 1. The molecule has 11 nitrogen and oxygen atoms in total. The Morgan fingerprint density at radius 1 is 0.341 bits per heavy atom. The second-order valence-electron chi connectivity index (χ2n) is 33.3. The minimum absolute atomic E-state index is 0.178. The van der Waals surface area contributed by atoms with Crippen molar-refractivity contribution in [3.63, 3.8) is 0 Å². The van der Waals surface area contributed by atoms with E-state index in [0.29, 0.717) is 120 Å². The topological polar surface area (TPSA) is 66.1 Å². The van der Waals surface area contributed by atoms with Gasteiger partial charge in [0.25, 0.3) is 0 Å². The Labute approximate surface area is 757 Å². The van der Waals surface area contributed by atoms with Gasteiger partial charge in [-0.25, -0.2) is 0 Å². The Hall–Kier alpha value is -9.49. The first kappa shape index (κ1) is 113. The minimum Gasteiger partial charge on any atom is -0.406 e. The van der Waals surface area contributed by atoms with Crippen molar-refractivity contribution in [2.75, 3.05) is 138 Å². The standard InChI is InChI=1S/2C14H19F3N2.C13H17F3N2.C13H16F3NO.C10H12F3N.C10H14.C8H7F3O.C8H7F3.C7H6F3N/c1-11-7-12(9-13(8-11)14(15,16)17)10-19-5-3-18(2)4-6-19;1-11-3-4-12(13(9-11)14(15,16)17)10-19-7-5-18(2)6-8-19;1-10-2-3-11(12(8-10)13(14,15)16)9-18-6-4-17-5-7-18;1-10-2-3-11(12(8-10)13(14,15)16)9-17-4-6-18-7-5-17;1-7-4-8(10(11,12)13)6-9(5-7)14(2)3;1-8(2)10-6-4-5-9(3)7-10;1-6-3-2-4-7(5-6)12-8(9,10)11;1-6-3-2-4-7(5-6)8(9,10)11;1-5-2-6(4-11-3-5)7(8,9)10/h7-9H,3-6,10H2,1-2H3;3-4,9H,5-8,10H2,1-2H3;2-3,8,17H,4-7,9H2,1H3;2-3,8H,4-7,9H2,1H3;4-6H,1-3H3;4-8H,1-3H3;2-5H,1H3;2-5H,1H3;2-4H,1H3. The summed E-state index contributed by atoms with van der Waals surface area (Å²) in [7, 11) is 7.53. The van der Waals surface area contributed by atoms with E-state index in [1.165, 1.54) is 71.9 Å². The third-order valence-corrected chi connectivity index (χ3v) is 20.7. The lowest BCUT2D eigenvalue weighted by Gasteiger charge is -2.32. The lowest BCUT2D eigenvalue weighted by Crippen LogP contribution is -2.44. The van der Waals surface area contributed by atoms with E-state index in [1.54, 1.807) is 129 Å². The molecule has 0 saturated carbocycles. The van der Waals surface area contributed by atoms with Crippen molar-refractivity contribution in [2.45, 2.75) is 158 Å². The molecule has 35 heteroatoms. The highest BCUT2D eigenvalue weighted by Crippen LogP contribution is 2.39. The Kier molecular flexibility index (Phi) is 43.9. The predicted octanol–water partition coefficient (Wildman–Crippen LogP) is 25.3. The average molecular weight is 1900 g/mol. The van der Waals surface area contributed by atoms with Crippen molar-refractivity contribution < 1.29 is 115 Å². The summed E-state index contributed by atoms with van der Waals surface area (Å²) in [5.41, 5.74) is 6.33. The van der Waals surface area contributed by atoms with Gasteiger partial charge in [-0.1, -0.05) is 144 Å². The predicted molar refractivity (Wildman–Crippen MR) is 468 cm³/mol. The Morgan fingerprint density at radius 3 is 1.07 bits per heavy atom. The molecule has 4 aliphatic rings. The van der Waals surface area contributed by atoms with E-state index in [2.05, 4.69) is 91.6 Å². The van der Waals surface area contributed by atoms with Gasteiger partial charge in [-0.05, 0) is 200 Å². The summed E-state index contributed by atoms with van der Waals surface area (Å²) in [6.45, 7) is 34.6. The van der Waals surface area contributed by atoms with E-state index in [9.17, 15) is 105 Å². The van der Waals surface area contributed by atoms with Gasteiger partial charge in [0, 0.05) is 150 Å². The summed E-state index contributed by atoms with van der Waals surface area (Å²) in [5, 5.41) is 3.19. The second-order valence-corrected chi connectivity index (χ2v) is 33.3. The molecule has 0 bridgehead atoms. The second kappa shape index (κ2) is 51.3. The molecule has 0 aliphatic carbocycles. The van der Waals surface area contributed by atoms with Crippen molar-refractivity contribution in [1.29, 1.82) is 0 Å². The molecule has 730 valence electrons. The van der Waals surface area contributed by atoms with E-state index in [1.807, 2.05) is 18.0 Å². The maximum Gasteiger partial charge on any atom is 0.573 e. The van der Waals surface area contributed by atoms with Crippen LogP contribution in [0, 0.1) is 62.3 Å². The highest BCUT2D eigenvalue weighted by Gasteiger charge is 2.39. The van der Waals surface area contributed by atoms with Crippen LogP contribution in [0.4, 0.5) is 111 Å². The molecular weight excluding hydrogens is 1780 g/mol. The van der Waals surface area contributed by atoms with Gasteiger partial charge in [-0.2, -0.15) is 92.2 Å². The average Bonchev–Trinajstić information content (AvgIpc) is 0.815. The smallest absolute Gasteiger partial charge is 0.406 e. The fourth-order valence-electron chi connectivity index (χ4n) is 13.6. The molecule has 1 N–H and O–H groups in total. The van der Waals surface area contributed by atoms with E-state index in [-0.39, 0.29) is 5.75 Å². The first-order chi connectivity index (χ1) is 61.1. The van der Waals surface area contributed by atoms with Gasteiger partial charge < -0.3 is 29.5 Å². The van der Waals surface area contributed by atoms with Crippen molar-refractivity contribution in [1.82, 2.24) is 39.7 Å². The Bertz CT molecular complexity index is 4800. The monoisotopic (exact) mass is 1900 g/mol. The van der Waals surface area contributed by atoms with Gasteiger partial charge in [0.05, 0.1) is 52.2 Å². The molecule has 132 heavy (non-hydrogen) atoms. The number of nitrogens with one attached hydrogen (secondary N) is 1. The van der Waals surface area contributed by atoms with Gasteiger partial charge in [0.15, 0.2) is 0 Å². The first-order valence-electron chi connectivity index (χ1n) is 42.2. The molecule has 0 amide bonds. The fraction of sp³-hybridized carbons (Fsp3) is 0.454. The van der Waals surface area contributed by atoms with Crippen LogP contribution in [-0.4, -0.2) is 174 Å². The summed E-state index contributed by atoms with van der Waals surface area (Å²) < 4.78 is 308. The molecule has 9 aromatic rings. The van der Waals surface area contributed by atoms with Gasteiger partial charge in [-0.15, -0.1) is 13.2 Å². The molecule has 8 aromatic carbocycles. The number of nitrogens with zero attached hydrogens (tertiary/aromatic N) is 8. The SMILES string of the molecule is Cc1cc(CN2CCN(C)CC2)cc(C(F)(F)F)c1.Cc1cc(N(C)C)cc(C(F)(F)F)c1.Cc1ccc(CN2CCN(C)CC2)c(C(F)(F)F)c1.Cc1ccc(CN2CCNCC2)c(C(F)(F)F)c1.Cc1ccc(CN2CCOCC2)c(C(F)(F)F)c1.Cc1cccc(C(C)C)c1.Cc1cccc(C(F)(F)F)c1.Cc1cccc(OC(F)(F)F)c1.Cc1cncc(C(F)(F)F)c1. The number of halogens is 24. The molecule has 13 rings (SSSR count). The maximum absolute atomic E-state index is 13.0. The quantitative estimate of drug-likeness (QED) is 0.126. The van der Waals surface area contributed by atoms with Crippen molar-refractivity contribution in [3.05, 3.63) is 299 Å². The molecule has 5 heterocycles. The minimum atomic E-state index is -4.60. The van der Waals surface area contributed by atoms with Crippen LogP contribution in [0.3, 0.4) is 0 Å². The third-order valence-electron chi connectivity index (χ3n) is 20.7. The summed E-state index contributed by atoms with van der Waals surface area (Å²) in [5.74, 6) is 0.474. The molecule has 0 radical (unpaired) electrons. The number of aryl methyl sites for hydroxylation is 9. The lowest BCUT2D eigenvalue weighted by atomic mass is 10.0. The fourth-order valence-corrected chi connectivity index (χ4v) is 13.6. The number of hydrogen-bond acceptors (Lipinski definition) is 11. The van der Waals surface area contributed by atoms with E-state index in [4.69, 9.17) is 4.74 Å². The molecule has 4 saturated heterocycles. The number of ether oxygens (including phenoxy) is 2. The summed E-state index contributed by atoms with van der Waals surface area (Å²) in [6.07, 6.45) is -32.3. The van der Waals surface area contributed by atoms with Crippen LogP contribution in [0.1, 0.15) is 137 Å². The third kappa shape index (κ3) is 42.8. The molecule has 1 aromatic heterocycles. The van der Waals surface area contributed by atoms with Crippen molar-refractivity contribution >= 4 is 5.69 Å². The number of hydrogen-bond donors (Lipinski definition) is 1. The summed E-state index contributed by atoms with van der Waals surface area (Å²) in [6, 6.07) is 42.8. The number of morpholine rings is 1. The highest BCUT2D eigenvalue weighted by molar-refractivity contribution is 5.51. The molecular formula is C97H117F24N9O2. The zero-order chi connectivity index (χ0) is 99.1. The molecule has 0 unspecified atom stereocenters. The number of rotatable bonds is 11. The number of piperazine rings is 3. The van der Waals surface area contributed by atoms with Crippen LogP contribution in [0.25, 0.3) is 0 Å². The van der Waals surface area contributed by atoms with Crippen LogP contribution in [0.2, 0.25) is 0 Å². The molecule has 4 aliphatic heterocycles. The number of alkyl halides is 24. The van der Waals surface area contributed by atoms with Gasteiger partial charge in [0.1, 0.15) is 5.75 Å². The summed E-state index contributed by atoms with van der Waals surface area (Å²) in [4.78, 5) is 17.8. The van der Waals surface area contributed by atoms with Crippen LogP contribution in [-0.2, 0) is 74.1 Å². The normalized spacial score (nSPS) is 15.3. The zero-order valence-electron chi connectivity index (χ0n) is 76.5. The van der Waals surface area contributed by atoms with Crippen LogP contribution in [0.5, 0.6) is 5.75 Å². The Morgan fingerprint density at radius 2 is 0.705 bits per heavy atom. The van der Waals surface area contributed by atoms with E-state index >= 15 is 0 Å². The number of likely N-dealkylation sites (N-methyl/N-ethyl adjacent to an activating group) is 2. The number of aromatic nitrogens is 1. The van der Waals surface area contributed by atoms with Crippen molar-refractivity contribution in [3.8, 4) is 5.75 Å². The van der Waals surface area contributed by atoms with Gasteiger partial charge >= 0.3 is 49.6 Å². The molecule has 0 spiro atoms. The van der Waals surface area contributed by atoms with E-state index < -0.39 is 88.5 Å².